The first kappa shape index (κ1) is 19.3. The lowest BCUT2D eigenvalue weighted by Gasteiger charge is -2.34. The minimum absolute atomic E-state index is 0.134. The second-order valence-corrected chi connectivity index (χ2v) is 6.69. The summed E-state index contributed by atoms with van der Waals surface area (Å²) in [4.78, 5) is 14.2. The molecule has 1 fully saturated rings. The number of hydrogen-bond donors (Lipinski definition) is 2. The minimum Gasteiger partial charge on any atom is -0.398 e. The molecule has 1 aromatic carbocycles. The van der Waals surface area contributed by atoms with Crippen LogP contribution in [0.1, 0.15) is 12.0 Å². The summed E-state index contributed by atoms with van der Waals surface area (Å²) in [6.45, 7) is 3.42. The van der Waals surface area contributed by atoms with Crippen LogP contribution in [0.5, 0.6) is 0 Å². The maximum atomic E-state index is 13.6. The van der Waals surface area contributed by atoms with E-state index in [1.165, 1.54) is 12.2 Å². The van der Waals surface area contributed by atoms with Crippen molar-refractivity contribution in [3.8, 4) is 0 Å². The van der Waals surface area contributed by atoms with Crippen molar-refractivity contribution in [2.75, 3.05) is 37.4 Å². The molecule has 1 atom stereocenters. The Bertz CT molecular complexity index is 781. The fourth-order valence-electron chi connectivity index (χ4n) is 3.20. The van der Waals surface area contributed by atoms with E-state index in [4.69, 9.17) is 10.5 Å². The summed E-state index contributed by atoms with van der Waals surface area (Å²) in [5.41, 5.74) is 7.12. The van der Waals surface area contributed by atoms with Gasteiger partial charge in [-0.15, -0.1) is 0 Å². The van der Waals surface area contributed by atoms with E-state index in [0.717, 1.165) is 5.56 Å². The Hall–Kier alpha value is -2.48. The van der Waals surface area contributed by atoms with Gasteiger partial charge in [0.2, 0.25) is 5.91 Å². The summed E-state index contributed by atoms with van der Waals surface area (Å²) >= 11 is 0. The maximum absolute atomic E-state index is 13.6. The molecule has 2 aliphatic rings. The zero-order valence-corrected chi connectivity index (χ0v) is 15.0. The zero-order chi connectivity index (χ0) is 19.6. The lowest BCUT2D eigenvalue weighted by molar-refractivity contribution is -0.120. The summed E-state index contributed by atoms with van der Waals surface area (Å²) in [6, 6.07) is 5.02. The summed E-state index contributed by atoms with van der Waals surface area (Å²) in [5, 5.41) is 2.65. The molecule has 27 heavy (non-hydrogen) atoms. The molecule has 1 unspecified atom stereocenters. The van der Waals surface area contributed by atoms with Crippen molar-refractivity contribution in [2.24, 2.45) is 5.92 Å². The predicted molar refractivity (Wildman–Crippen MR) is 96.9 cm³/mol. The van der Waals surface area contributed by atoms with Crippen LogP contribution in [0.3, 0.4) is 0 Å². The molecular weight excluding hydrogens is 359 g/mol. The molecule has 5 nitrogen and oxygen atoms in total. The van der Waals surface area contributed by atoms with Crippen molar-refractivity contribution in [1.82, 2.24) is 4.90 Å². The molecular formula is C19H22F3N3O2. The van der Waals surface area contributed by atoms with E-state index >= 15 is 0 Å². The third-order valence-corrected chi connectivity index (χ3v) is 4.80. The molecule has 0 bridgehead atoms. The van der Waals surface area contributed by atoms with Gasteiger partial charge in [0.1, 0.15) is 0 Å². The Balaban J connectivity index is 1.77. The summed E-state index contributed by atoms with van der Waals surface area (Å²) in [5.74, 6) is -1.38. The Morgan fingerprint density at radius 2 is 2.00 bits per heavy atom. The summed E-state index contributed by atoms with van der Waals surface area (Å²) in [6.07, 6.45) is -1.94. The van der Waals surface area contributed by atoms with E-state index in [1.807, 2.05) is 6.92 Å². The number of allylic oxidation sites excluding steroid dienone is 2. The highest BCUT2D eigenvalue weighted by atomic mass is 19.4. The number of carbonyl (C=O) groups excluding carboxylic acids is 1. The smallest absolute Gasteiger partial charge is 0.398 e. The van der Waals surface area contributed by atoms with E-state index in [1.54, 1.807) is 23.1 Å². The Morgan fingerprint density at radius 1 is 1.30 bits per heavy atom. The van der Waals surface area contributed by atoms with Gasteiger partial charge in [-0.05, 0) is 37.1 Å². The molecule has 0 saturated carbocycles. The molecule has 1 aliphatic carbocycles. The summed E-state index contributed by atoms with van der Waals surface area (Å²) < 4.78 is 46.0. The van der Waals surface area contributed by atoms with Crippen molar-refractivity contribution in [2.45, 2.75) is 19.5 Å². The predicted octanol–water partition coefficient (Wildman–Crippen LogP) is 3.24. The molecule has 0 radical (unpaired) electrons. The number of anilines is 2. The van der Waals surface area contributed by atoms with Crippen molar-refractivity contribution in [1.29, 1.82) is 0 Å². The third-order valence-electron chi connectivity index (χ3n) is 4.80. The first-order valence-corrected chi connectivity index (χ1v) is 8.74. The van der Waals surface area contributed by atoms with E-state index in [9.17, 15) is 18.0 Å². The van der Waals surface area contributed by atoms with Crippen LogP contribution in [0, 0.1) is 12.8 Å². The average Bonchev–Trinajstić information content (AvgIpc) is 2.64. The molecule has 146 valence electrons. The number of hydrogen-bond acceptors (Lipinski definition) is 4. The number of aryl methyl sites for hydroxylation is 1. The maximum Gasteiger partial charge on any atom is 0.414 e. The van der Waals surface area contributed by atoms with E-state index in [-0.39, 0.29) is 12.1 Å². The van der Waals surface area contributed by atoms with Crippen LogP contribution in [0.15, 0.2) is 41.6 Å². The number of alkyl halides is 3. The SMILES string of the molecule is Cc1ccc(NC(=O)C2C=CC(N3CCOCC3)=C(C(F)(F)F)C2)cc1N. The van der Waals surface area contributed by atoms with E-state index in [0.29, 0.717) is 37.7 Å². The van der Waals surface area contributed by atoms with Gasteiger partial charge in [0, 0.05) is 30.2 Å². The fourth-order valence-corrected chi connectivity index (χ4v) is 3.20. The Morgan fingerprint density at radius 3 is 2.63 bits per heavy atom. The van der Waals surface area contributed by atoms with Crippen molar-refractivity contribution in [3.63, 3.8) is 0 Å². The number of rotatable bonds is 3. The highest BCUT2D eigenvalue weighted by molar-refractivity contribution is 5.94. The van der Waals surface area contributed by atoms with Crippen LogP contribution >= 0.6 is 0 Å². The van der Waals surface area contributed by atoms with Gasteiger partial charge in [-0.25, -0.2) is 0 Å². The monoisotopic (exact) mass is 381 g/mol. The number of nitrogens with one attached hydrogen (secondary N) is 1. The van der Waals surface area contributed by atoms with Gasteiger partial charge in [-0.2, -0.15) is 13.2 Å². The Labute approximate surface area is 155 Å². The van der Waals surface area contributed by atoms with Gasteiger partial charge < -0.3 is 20.7 Å². The number of nitrogens with two attached hydrogens (primary N) is 1. The topological polar surface area (TPSA) is 67.6 Å². The van der Waals surface area contributed by atoms with Crippen molar-refractivity contribution < 1.29 is 22.7 Å². The number of amides is 1. The summed E-state index contributed by atoms with van der Waals surface area (Å²) in [7, 11) is 0. The highest BCUT2D eigenvalue weighted by Gasteiger charge is 2.41. The van der Waals surface area contributed by atoms with Crippen LogP contribution in [-0.4, -0.2) is 43.3 Å². The molecule has 3 rings (SSSR count). The standard InChI is InChI=1S/C19H22F3N3O2/c1-12-2-4-14(11-16(12)23)24-18(26)13-3-5-17(15(10-13)19(20,21)22)25-6-8-27-9-7-25/h2-5,11,13H,6-10,23H2,1H3,(H,24,26). The molecule has 1 saturated heterocycles. The largest absolute Gasteiger partial charge is 0.414 e. The van der Waals surface area contributed by atoms with E-state index in [2.05, 4.69) is 5.32 Å². The third kappa shape index (κ3) is 4.44. The number of ether oxygens (including phenoxy) is 1. The van der Waals surface area contributed by atoms with Gasteiger partial charge >= 0.3 is 6.18 Å². The van der Waals surface area contributed by atoms with Gasteiger partial charge in [0.05, 0.1) is 24.7 Å². The van der Waals surface area contributed by atoms with Crippen LogP contribution < -0.4 is 11.1 Å². The normalized spacial score (nSPS) is 20.7. The average molecular weight is 381 g/mol. The molecule has 1 heterocycles. The molecule has 1 aromatic rings. The zero-order valence-electron chi connectivity index (χ0n) is 15.0. The molecule has 3 N–H and O–H groups in total. The highest BCUT2D eigenvalue weighted by Crippen LogP contribution is 2.38. The number of nitrogens with zero attached hydrogens (tertiary/aromatic N) is 1. The second kappa shape index (κ2) is 7.64. The molecule has 8 heteroatoms. The van der Waals surface area contributed by atoms with Crippen LogP contribution in [-0.2, 0) is 9.53 Å². The fraction of sp³-hybridized carbons (Fsp3) is 0.421. The molecule has 1 aliphatic heterocycles. The number of carbonyl (C=O) groups is 1. The van der Waals surface area contributed by atoms with Crippen molar-refractivity contribution in [3.05, 3.63) is 47.2 Å². The number of benzene rings is 1. The number of nitrogen functional groups attached to an aromatic ring is 1. The molecule has 0 spiro atoms. The number of morpholine rings is 1. The van der Waals surface area contributed by atoms with Crippen LogP contribution in [0.2, 0.25) is 0 Å². The quantitative estimate of drug-likeness (QED) is 0.789. The van der Waals surface area contributed by atoms with Gasteiger partial charge in [-0.3, -0.25) is 4.79 Å². The van der Waals surface area contributed by atoms with E-state index < -0.39 is 23.6 Å². The lowest BCUT2D eigenvalue weighted by atomic mass is 9.90. The minimum atomic E-state index is -4.49. The first-order valence-electron chi connectivity index (χ1n) is 8.74. The van der Waals surface area contributed by atoms with Crippen LogP contribution in [0.25, 0.3) is 0 Å². The lowest BCUT2D eigenvalue weighted by Crippen LogP contribution is -2.38. The van der Waals surface area contributed by atoms with Crippen molar-refractivity contribution >= 4 is 17.3 Å². The van der Waals surface area contributed by atoms with Gasteiger partial charge in [0.15, 0.2) is 0 Å². The Kier molecular flexibility index (Phi) is 5.46. The van der Waals surface area contributed by atoms with Crippen LogP contribution in [0.4, 0.5) is 24.5 Å². The van der Waals surface area contributed by atoms with Gasteiger partial charge in [-0.1, -0.05) is 12.1 Å². The first-order chi connectivity index (χ1) is 12.8. The molecule has 0 aromatic heterocycles. The second-order valence-electron chi connectivity index (χ2n) is 6.69. The van der Waals surface area contributed by atoms with Gasteiger partial charge in [0.25, 0.3) is 0 Å². The number of halogens is 3. The molecule has 1 amide bonds.